The highest BCUT2D eigenvalue weighted by Gasteiger charge is 2.09. The van der Waals surface area contributed by atoms with Crippen molar-refractivity contribution >= 4 is 57.5 Å². The smallest absolute Gasteiger partial charge is 0.226 e. The van der Waals surface area contributed by atoms with Crippen molar-refractivity contribution in [1.29, 1.82) is 0 Å². The Hall–Kier alpha value is -1.55. The first-order valence-electron chi connectivity index (χ1n) is 9.06. The maximum absolute atomic E-state index is 12.2. The van der Waals surface area contributed by atoms with E-state index in [0.29, 0.717) is 13.0 Å². The van der Waals surface area contributed by atoms with Crippen LogP contribution in [0.1, 0.15) is 24.6 Å². The molecular formula is C20H29BrIN5O. The normalized spacial score (nSPS) is 11.0. The van der Waals surface area contributed by atoms with Gasteiger partial charge in [0.1, 0.15) is 0 Å². The molecule has 1 aromatic carbocycles. The third kappa shape index (κ3) is 7.46. The number of anilines is 1. The van der Waals surface area contributed by atoms with E-state index >= 15 is 0 Å². The highest BCUT2D eigenvalue weighted by atomic mass is 127. The van der Waals surface area contributed by atoms with Gasteiger partial charge in [0.15, 0.2) is 5.96 Å². The number of aromatic nitrogens is 1. The number of nitrogens with zero attached hydrogens (tertiary/aromatic N) is 3. The van der Waals surface area contributed by atoms with Crippen molar-refractivity contribution in [3.63, 3.8) is 0 Å². The quantitative estimate of drug-likeness (QED) is 0.303. The highest BCUT2D eigenvalue weighted by Crippen LogP contribution is 2.20. The van der Waals surface area contributed by atoms with E-state index in [-0.39, 0.29) is 29.9 Å². The van der Waals surface area contributed by atoms with Crippen LogP contribution in [0, 0.1) is 6.92 Å². The number of hydrogen-bond acceptors (Lipinski definition) is 2. The van der Waals surface area contributed by atoms with Crippen molar-refractivity contribution in [3.8, 4) is 0 Å². The molecule has 6 nitrogen and oxygen atoms in total. The van der Waals surface area contributed by atoms with E-state index in [2.05, 4.69) is 47.1 Å². The Kier molecular flexibility index (Phi) is 10.6. The molecule has 0 radical (unpaired) electrons. The number of hydrogen-bond donors (Lipinski definition) is 2. The molecule has 2 rings (SSSR count). The summed E-state index contributed by atoms with van der Waals surface area (Å²) in [6, 6.07) is 9.92. The molecule has 0 saturated carbocycles. The van der Waals surface area contributed by atoms with Crippen molar-refractivity contribution in [2.75, 3.05) is 25.5 Å². The number of carbonyl (C=O) groups excluding carboxylic acids is 1. The van der Waals surface area contributed by atoms with Gasteiger partial charge in [0.05, 0.1) is 13.1 Å². The maximum atomic E-state index is 12.2. The lowest BCUT2D eigenvalue weighted by atomic mass is 10.2. The molecular weight excluding hydrogens is 533 g/mol. The fourth-order valence-corrected chi connectivity index (χ4v) is 3.17. The largest absolute Gasteiger partial charge is 0.357 e. The van der Waals surface area contributed by atoms with E-state index in [9.17, 15) is 4.79 Å². The SMILES string of the molecule is CCNC(=NCCC(=O)Nc1ccc(Br)cc1C)N(C)Cc1cccn1C.I. The van der Waals surface area contributed by atoms with Crippen LogP contribution >= 0.6 is 39.9 Å². The molecule has 0 unspecified atom stereocenters. The van der Waals surface area contributed by atoms with E-state index in [0.717, 1.165) is 34.8 Å². The average molecular weight is 562 g/mol. The number of guanidine groups is 1. The minimum Gasteiger partial charge on any atom is -0.357 e. The van der Waals surface area contributed by atoms with Crippen molar-refractivity contribution in [3.05, 3.63) is 52.3 Å². The lowest BCUT2D eigenvalue weighted by Crippen LogP contribution is -2.39. The molecule has 0 saturated heterocycles. The predicted octanol–water partition coefficient (Wildman–Crippen LogP) is 4.14. The number of halogens is 2. The van der Waals surface area contributed by atoms with E-state index in [1.165, 1.54) is 5.69 Å². The summed E-state index contributed by atoms with van der Waals surface area (Å²) in [7, 11) is 4.03. The van der Waals surface area contributed by atoms with Crippen molar-refractivity contribution in [2.45, 2.75) is 26.8 Å². The lowest BCUT2D eigenvalue weighted by molar-refractivity contribution is -0.116. The van der Waals surface area contributed by atoms with E-state index in [4.69, 9.17) is 0 Å². The summed E-state index contributed by atoms with van der Waals surface area (Å²) in [6.45, 7) is 5.97. The second kappa shape index (κ2) is 12.1. The zero-order valence-electron chi connectivity index (χ0n) is 16.8. The van der Waals surface area contributed by atoms with Crippen LogP contribution < -0.4 is 10.6 Å². The molecule has 0 fully saturated rings. The number of benzene rings is 1. The number of aliphatic imine (C=N–C) groups is 1. The summed E-state index contributed by atoms with van der Waals surface area (Å²) in [4.78, 5) is 18.9. The summed E-state index contributed by atoms with van der Waals surface area (Å²) in [6.07, 6.45) is 2.37. The number of amides is 1. The molecule has 0 aliphatic carbocycles. The zero-order chi connectivity index (χ0) is 19.8. The summed E-state index contributed by atoms with van der Waals surface area (Å²) in [5.41, 5.74) is 3.06. The van der Waals surface area contributed by atoms with Gasteiger partial charge in [-0.25, -0.2) is 0 Å². The minimum absolute atomic E-state index is 0. The predicted molar refractivity (Wildman–Crippen MR) is 130 cm³/mol. The third-order valence-electron chi connectivity index (χ3n) is 4.21. The standard InChI is InChI=1S/C20H28BrN5O.HI/c1-5-22-20(26(4)14-17-7-6-12-25(17)3)23-11-10-19(27)24-18-9-8-16(21)13-15(18)2;/h6-9,12-13H,5,10-11,14H2,1-4H3,(H,22,23)(H,24,27);1H. The van der Waals surface area contributed by atoms with Gasteiger partial charge in [0, 0.05) is 49.1 Å². The van der Waals surface area contributed by atoms with Crippen LogP contribution in [0.2, 0.25) is 0 Å². The van der Waals surface area contributed by atoms with Crippen LogP contribution in [0.5, 0.6) is 0 Å². The first-order valence-corrected chi connectivity index (χ1v) is 9.85. The monoisotopic (exact) mass is 561 g/mol. The van der Waals surface area contributed by atoms with Gasteiger partial charge in [0.2, 0.25) is 5.91 Å². The van der Waals surface area contributed by atoms with Crippen LogP contribution in [-0.2, 0) is 18.4 Å². The van der Waals surface area contributed by atoms with Gasteiger partial charge in [-0.2, -0.15) is 0 Å². The Morgan fingerprint density at radius 3 is 2.68 bits per heavy atom. The Labute approximate surface area is 192 Å². The Morgan fingerprint density at radius 1 is 1.32 bits per heavy atom. The molecule has 0 spiro atoms. The summed E-state index contributed by atoms with van der Waals surface area (Å²) in [5, 5.41) is 6.23. The van der Waals surface area contributed by atoms with Crippen LogP contribution in [0.4, 0.5) is 5.69 Å². The molecule has 0 aliphatic heterocycles. The number of rotatable bonds is 7. The van der Waals surface area contributed by atoms with Gasteiger partial charge in [-0.3, -0.25) is 9.79 Å². The first kappa shape index (κ1) is 24.5. The molecule has 0 atom stereocenters. The minimum atomic E-state index is -0.0369. The number of aryl methyl sites for hydroxylation is 2. The second-order valence-corrected chi connectivity index (χ2v) is 7.38. The molecule has 0 aliphatic rings. The highest BCUT2D eigenvalue weighted by molar-refractivity contribution is 14.0. The van der Waals surface area contributed by atoms with Crippen LogP contribution in [0.15, 0.2) is 46.0 Å². The van der Waals surface area contributed by atoms with Gasteiger partial charge in [-0.05, 0) is 49.7 Å². The molecule has 0 bridgehead atoms. The molecule has 2 N–H and O–H groups in total. The average Bonchev–Trinajstić information content (AvgIpc) is 3.01. The summed E-state index contributed by atoms with van der Waals surface area (Å²) >= 11 is 3.43. The number of nitrogens with one attached hydrogen (secondary N) is 2. The Balaban J connectivity index is 0.00000392. The zero-order valence-corrected chi connectivity index (χ0v) is 20.7. The van der Waals surface area contributed by atoms with Crippen molar-refractivity contribution < 1.29 is 4.79 Å². The van der Waals surface area contributed by atoms with Crippen LogP contribution in [0.3, 0.4) is 0 Å². The fraction of sp³-hybridized carbons (Fsp3) is 0.400. The molecule has 154 valence electrons. The molecule has 28 heavy (non-hydrogen) atoms. The fourth-order valence-electron chi connectivity index (χ4n) is 2.69. The van der Waals surface area contributed by atoms with Gasteiger partial charge in [-0.1, -0.05) is 15.9 Å². The third-order valence-corrected chi connectivity index (χ3v) is 4.70. The summed E-state index contributed by atoms with van der Waals surface area (Å²) < 4.78 is 3.09. The van der Waals surface area contributed by atoms with E-state index in [1.807, 2.05) is 58.4 Å². The van der Waals surface area contributed by atoms with Crippen LogP contribution in [0.25, 0.3) is 0 Å². The lowest BCUT2D eigenvalue weighted by Gasteiger charge is -2.22. The van der Waals surface area contributed by atoms with Crippen molar-refractivity contribution in [2.24, 2.45) is 12.0 Å². The topological polar surface area (TPSA) is 61.7 Å². The molecule has 1 heterocycles. The Morgan fingerprint density at radius 2 is 2.07 bits per heavy atom. The van der Waals surface area contributed by atoms with Crippen LogP contribution in [-0.4, -0.2) is 41.5 Å². The maximum Gasteiger partial charge on any atom is 0.226 e. The molecule has 1 amide bonds. The number of carbonyl (C=O) groups is 1. The van der Waals surface area contributed by atoms with Gasteiger partial charge in [0.25, 0.3) is 0 Å². The van der Waals surface area contributed by atoms with Gasteiger partial charge >= 0.3 is 0 Å². The Bertz CT molecular complexity index is 806. The van der Waals surface area contributed by atoms with E-state index < -0.39 is 0 Å². The van der Waals surface area contributed by atoms with Crippen molar-refractivity contribution in [1.82, 2.24) is 14.8 Å². The summed E-state index contributed by atoms with van der Waals surface area (Å²) in [5.74, 6) is 0.761. The molecule has 8 heteroatoms. The second-order valence-electron chi connectivity index (χ2n) is 6.46. The van der Waals surface area contributed by atoms with Gasteiger partial charge < -0.3 is 20.1 Å². The van der Waals surface area contributed by atoms with E-state index in [1.54, 1.807) is 0 Å². The first-order chi connectivity index (χ1) is 12.9. The van der Waals surface area contributed by atoms with Gasteiger partial charge in [-0.15, -0.1) is 24.0 Å². The molecule has 1 aromatic heterocycles. The molecule has 2 aromatic rings.